The lowest BCUT2D eigenvalue weighted by atomic mass is 10.2. The number of thiophene rings is 1. The summed E-state index contributed by atoms with van der Waals surface area (Å²) < 4.78 is 27.2. The zero-order valence-electron chi connectivity index (χ0n) is 18.1. The third-order valence-corrected chi connectivity index (χ3v) is 8.22. The largest absolute Gasteiger partial charge is 0.357 e. The summed E-state index contributed by atoms with van der Waals surface area (Å²) in [7, 11) is -3.55. The molecule has 33 heavy (non-hydrogen) atoms. The van der Waals surface area contributed by atoms with Crippen molar-refractivity contribution in [1.82, 2.24) is 4.31 Å². The third kappa shape index (κ3) is 5.63. The van der Waals surface area contributed by atoms with Gasteiger partial charge in [0.2, 0.25) is 15.9 Å². The van der Waals surface area contributed by atoms with Gasteiger partial charge >= 0.3 is 0 Å². The summed E-state index contributed by atoms with van der Waals surface area (Å²) in [5.74, 6) is 2.39. The normalized spacial score (nSPS) is 14.0. The molecule has 1 aliphatic heterocycles. The predicted molar refractivity (Wildman–Crippen MR) is 133 cm³/mol. The molecule has 0 radical (unpaired) electrons. The van der Waals surface area contributed by atoms with Gasteiger partial charge in [0.25, 0.3) is 0 Å². The van der Waals surface area contributed by atoms with Crippen LogP contribution in [0.3, 0.4) is 0 Å². The molecule has 6 nitrogen and oxygen atoms in total. The van der Waals surface area contributed by atoms with Crippen molar-refractivity contribution >= 4 is 38.6 Å². The van der Waals surface area contributed by atoms with Gasteiger partial charge in [-0.2, -0.15) is 4.31 Å². The van der Waals surface area contributed by atoms with Gasteiger partial charge in [0.15, 0.2) is 0 Å². The fourth-order valence-corrected chi connectivity index (χ4v) is 6.09. The van der Waals surface area contributed by atoms with Crippen molar-refractivity contribution in [3.63, 3.8) is 0 Å². The van der Waals surface area contributed by atoms with Crippen molar-refractivity contribution in [2.24, 2.45) is 0 Å². The zero-order valence-corrected chi connectivity index (χ0v) is 19.7. The first-order valence-corrected chi connectivity index (χ1v) is 13.0. The summed E-state index contributed by atoms with van der Waals surface area (Å²) in [5, 5.41) is 4.85. The van der Waals surface area contributed by atoms with Gasteiger partial charge in [0.05, 0.1) is 18.0 Å². The van der Waals surface area contributed by atoms with Crippen LogP contribution < -0.4 is 10.2 Å². The van der Waals surface area contributed by atoms with Crippen LogP contribution in [0.25, 0.3) is 0 Å². The number of rotatable bonds is 8. The first kappa shape index (κ1) is 23.1. The monoisotopic (exact) mass is 479 g/mol. The SMILES string of the molecule is C#Cc1cccc(N(CC(=O)Nc2cccc(S(=O)(=O)N3CCCC3)c2)Cc2cccs2)c1. The van der Waals surface area contributed by atoms with Crippen LogP contribution in [0.1, 0.15) is 23.3 Å². The van der Waals surface area contributed by atoms with E-state index in [0.717, 1.165) is 29.0 Å². The van der Waals surface area contributed by atoms with Gasteiger partial charge < -0.3 is 10.2 Å². The van der Waals surface area contributed by atoms with Crippen molar-refractivity contribution in [1.29, 1.82) is 0 Å². The van der Waals surface area contributed by atoms with Crippen LogP contribution in [0.4, 0.5) is 11.4 Å². The number of carbonyl (C=O) groups excluding carboxylic acids is 1. The van der Waals surface area contributed by atoms with Gasteiger partial charge in [-0.15, -0.1) is 17.8 Å². The highest BCUT2D eigenvalue weighted by atomic mass is 32.2. The fourth-order valence-electron chi connectivity index (χ4n) is 3.81. The molecule has 4 rings (SSSR count). The van der Waals surface area contributed by atoms with E-state index in [9.17, 15) is 13.2 Å². The van der Waals surface area contributed by atoms with Crippen molar-refractivity contribution in [3.05, 3.63) is 76.5 Å². The molecule has 0 saturated carbocycles. The Morgan fingerprint density at radius 1 is 1.09 bits per heavy atom. The van der Waals surface area contributed by atoms with Gasteiger partial charge in [-0.1, -0.05) is 24.1 Å². The summed E-state index contributed by atoms with van der Waals surface area (Å²) in [4.78, 5) is 16.2. The molecule has 1 N–H and O–H groups in total. The maximum atomic E-state index is 12.9. The van der Waals surface area contributed by atoms with Crippen LogP contribution >= 0.6 is 11.3 Å². The molecule has 0 unspecified atom stereocenters. The lowest BCUT2D eigenvalue weighted by molar-refractivity contribution is -0.115. The lowest BCUT2D eigenvalue weighted by Crippen LogP contribution is -2.33. The molecule has 1 fully saturated rings. The Hall–Kier alpha value is -3.12. The Morgan fingerprint density at radius 3 is 2.61 bits per heavy atom. The van der Waals surface area contributed by atoms with Crippen LogP contribution in [0.2, 0.25) is 0 Å². The van der Waals surface area contributed by atoms with E-state index < -0.39 is 10.0 Å². The molecule has 1 saturated heterocycles. The minimum absolute atomic E-state index is 0.0923. The topological polar surface area (TPSA) is 69.7 Å². The number of anilines is 2. The molecular weight excluding hydrogens is 454 g/mol. The molecule has 0 spiro atoms. The minimum Gasteiger partial charge on any atom is -0.357 e. The molecule has 0 atom stereocenters. The smallest absolute Gasteiger partial charge is 0.243 e. The van der Waals surface area contributed by atoms with Crippen molar-refractivity contribution < 1.29 is 13.2 Å². The Kier molecular flexibility index (Phi) is 7.14. The number of nitrogens with zero attached hydrogens (tertiary/aromatic N) is 2. The average molecular weight is 480 g/mol. The highest BCUT2D eigenvalue weighted by Gasteiger charge is 2.27. The maximum Gasteiger partial charge on any atom is 0.243 e. The van der Waals surface area contributed by atoms with Crippen LogP contribution in [0, 0.1) is 12.3 Å². The van der Waals surface area contributed by atoms with E-state index in [1.165, 1.54) is 10.4 Å². The van der Waals surface area contributed by atoms with E-state index in [4.69, 9.17) is 6.42 Å². The highest BCUT2D eigenvalue weighted by molar-refractivity contribution is 7.89. The van der Waals surface area contributed by atoms with Gasteiger partial charge in [-0.3, -0.25) is 4.79 Å². The Labute approximate surface area is 198 Å². The Morgan fingerprint density at radius 2 is 1.88 bits per heavy atom. The van der Waals surface area contributed by atoms with E-state index in [1.54, 1.807) is 29.5 Å². The Bertz CT molecular complexity index is 1260. The molecule has 0 aliphatic carbocycles. The van der Waals surface area contributed by atoms with Gasteiger partial charge in [-0.05, 0) is 60.7 Å². The molecule has 1 amide bonds. The van der Waals surface area contributed by atoms with E-state index in [2.05, 4.69) is 11.2 Å². The van der Waals surface area contributed by atoms with Gasteiger partial charge in [-0.25, -0.2) is 8.42 Å². The molecule has 1 aliphatic rings. The molecule has 2 aromatic carbocycles. The summed E-state index contributed by atoms with van der Waals surface area (Å²) in [6.45, 7) is 1.72. The van der Waals surface area contributed by atoms with Crippen LogP contribution in [-0.4, -0.2) is 38.3 Å². The summed E-state index contributed by atoms with van der Waals surface area (Å²) in [6.07, 6.45) is 7.30. The molecule has 2 heterocycles. The summed E-state index contributed by atoms with van der Waals surface area (Å²) in [6, 6.07) is 18.0. The fraction of sp³-hybridized carbons (Fsp3) is 0.240. The number of amides is 1. The van der Waals surface area contributed by atoms with Crippen molar-refractivity contribution in [2.75, 3.05) is 29.9 Å². The van der Waals surface area contributed by atoms with Gasteiger partial charge in [0, 0.05) is 34.9 Å². The zero-order chi connectivity index (χ0) is 23.3. The molecule has 3 aromatic rings. The standard InChI is InChI=1S/C25H25N3O3S2/c1-2-20-8-5-10-22(16-20)27(18-23-11-7-15-32-23)19-25(29)26-21-9-6-12-24(17-21)33(30,31)28-13-3-4-14-28/h1,5-12,15-17H,3-4,13-14,18-19H2,(H,26,29). The summed E-state index contributed by atoms with van der Waals surface area (Å²) in [5.41, 5.74) is 2.04. The molecule has 170 valence electrons. The van der Waals surface area contributed by atoms with Gasteiger partial charge in [0.1, 0.15) is 0 Å². The second kappa shape index (κ2) is 10.2. The van der Waals surface area contributed by atoms with Crippen molar-refractivity contribution in [2.45, 2.75) is 24.3 Å². The number of terminal acetylenes is 1. The second-order valence-electron chi connectivity index (χ2n) is 7.82. The van der Waals surface area contributed by atoms with Crippen molar-refractivity contribution in [3.8, 4) is 12.3 Å². The maximum absolute atomic E-state index is 12.9. The lowest BCUT2D eigenvalue weighted by Gasteiger charge is -2.24. The number of hydrogen-bond acceptors (Lipinski definition) is 5. The molecule has 0 bridgehead atoms. The first-order chi connectivity index (χ1) is 16.0. The number of nitrogens with one attached hydrogen (secondary N) is 1. The van der Waals surface area contributed by atoms with E-state index in [0.29, 0.717) is 25.3 Å². The number of hydrogen-bond donors (Lipinski definition) is 1. The summed E-state index contributed by atoms with van der Waals surface area (Å²) >= 11 is 1.62. The van der Waals surface area contributed by atoms with E-state index >= 15 is 0 Å². The van der Waals surface area contributed by atoms with Crippen LogP contribution in [0.5, 0.6) is 0 Å². The number of carbonyl (C=O) groups is 1. The Balaban J connectivity index is 1.51. The van der Waals surface area contributed by atoms with E-state index in [-0.39, 0.29) is 17.3 Å². The number of sulfonamides is 1. The van der Waals surface area contributed by atoms with E-state index in [1.807, 2.05) is 46.7 Å². The third-order valence-electron chi connectivity index (χ3n) is 5.46. The van der Waals surface area contributed by atoms with Crippen LogP contribution in [-0.2, 0) is 21.4 Å². The number of benzene rings is 2. The highest BCUT2D eigenvalue weighted by Crippen LogP contribution is 2.24. The quantitative estimate of drug-likeness (QED) is 0.493. The molecule has 8 heteroatoms. The molecule has 1 aromatic heterocycles. The molecular formula is C25H25N3O3S2. The average Bonchev–Trinajstić information content (AvgIpc) is 3.54. The second-order valence-corrected chi connectivity index (χ2v) is 10.8. The first-order valence-electron chi connectivity index (χ1n) is 10.7. The predicted octanol–water partition coefficient (Wildman–Crippen LogP) is 4.16. The minimum atomic E-state index is -3.55. The van der Waals surface area contributed by atoms with Crippen LogP contribution in [0.15, 0.2) is 70.9 Å².